The van der Waals surface area contributed by atoms with Gasteiger partial charge in [-0.15, -0.1) is 0 Å². The number of benzene rings is 1. The first-order valence-electron chi connectivity index (χ1n) is 7.49. The van der Waals surface area contributed by atoms with E-state index in [1.54, 1.807) is 0 Å². The van der Waals surface area contributed by atoms with Crippen LogP contribution in [0.5, 0.6) is 5.75 Å². The highest BCUT2D eigenvalue weighted by Crippen LogP contribution is 2.34. The van der Waals surface area contributed by atoms with Gasteiger partial charge < -0.3 is 4.74 Å². The molecule has 2 rings (SSSR count). The van der Waals surface area contributed by atoms with Crippen LogP contribution in [-0.4, -0.2) is 30.3 Å². The third-order valence-electron chi connectivity index (χ3n) is 3.76. The number of hydrogen-bond donors (Lipinski definition) is 0. The Morgan fingerprint density at radius 3 is 2.41 bits per heavy atom. The molecule has 0 aromatic heterocycles. The molecule has 1 aliphatic heterocycles. The Kier molecular flexibility index (Phi) is 5.77. The van der Waals surface area contributed by atoms with Crippen LogP contribution in [-0.2, 0) is 6.54 Å². The van der Waals surface area contributed by atoms with E-state index in [1.165, 1.54) is 0 Å². The number of nitrogens with zero attached hydrogens (tertiary/aromatic N) is 1. The summed E-state index contributed by atoms with van der Waals surface area (Å²) in [5, 5.41) is 0. The Hall–Kier alpha value is -0.750. The average Bonchev–Trinajstić information content (AvgIpc) is 2.36. The molecule has 124 valence electrons. The van der Waals surface area contributed by atoms with Crippen molar-refractivity contribution in [3.63, 3.8) is 0 Å². The molecule has 0 saturated carbocycles. The quantitative estimate of drug-likeness (QED) is 0.728. The van der Waals surface area contributed by atoms with Gasteiger partial charge in [-0.3, -0.25) is 4.90 Å². The summed E-state index contributed by atoms with van der Waals surface area (Å²) in [5.74, 6) is -0.365. The molecule has 0 N–H and O–H groups in total. The fourth-order valence-electron chi connectivity index (χ4n) is 2.73. The van der Waals surface area contributed by atoms with E-state index in [-0.39, 0.29) is 18.9 Å². The van der Waals surface area contributed by atoms with Crippen molar-refractivity contribution in [3.8, 4) is 5.75 Å². The van der Waals surface area contributed by atoms with Crippen LogP contribution in [0.2, 0.25) is 0 Å². The van der Waals surface area contributed by atoms with Gasteiger partial charge in [0.1, 0.15) is 5.75 Å². The van der Waals surface area contributed by atoms with Crippen LogP contribution in [0.1, 0.15) is 32.3 Å². The van der Waals surface area contributed by atoms with Gasteiger partial charge in [0.25, 0.3) is 0 Å². The highest BCUT2D eigenvalue weighted by molar-refractivity contribution is 9.10. The number of piperidine rings is 1. The Balaban J connectivity index is 1.96. The predicted octanol–water partition coefficient (Wildman–Crippen LogP) is 5.01. The Labute approximate surface area is 137 Å². The van der Waals surface area contributed by atoms with E-state index in [9.17, 15) is 13.2 Å². The molecule has 1 heterocycles. The summed E-state index contributed by atoms with van der Waals surface area (Å²) in [6, 6.07) is 5.85. The molecule has 0 radical (unpaired) electrons. The van der Waals surface area contributed by atoms with Crippen molar-refractivity contribution in [1.82, 2.24) is 4.90 Å². The van der Waals surface area contributed by atoms with Crippen molar-refractivity contribution < 1.29 is 17.9 Å². The minimum Gasteiger partial charge on any atom is -0.491 e. The molecule has 1 aromatic carbocycles. The first-order valence-corrected chi connectivity index (χ1v) is 8.28. The number of rotatable bonds is 4. The van der Waals surface area contributed by atoms with Gasteiger partial charge in [-0.2, -0.15) is 13.2 Å². The second-order valence-corrected chi connectivity index (χ2v) is 6.97. The van der Waals surface area contributed by atoms with Gasteiger partial charge in [-0.05, 0) is 63.5 Å². The van der Waals surface area contributed by atoms with Gasteiger partial charge in [-0.1, -0.05) is 15.9 Å². The van der Waals surface area contributed by atoms with Crippen molar-refractivity contribution in [3.05, 3.63) is 28.2 Å². The number of halogens is 4. The molecule has 22 heavy (non-hydrogen) atoms. The predicted molar refractivity (Wildman–Crippen MR) is 84.0 cm³/mol. The average molecular weight is 380 g/mol. The first kappa shape index (κ1) is 17.6. The Bertz CT molecular complexity index is 497. The SMILES string of the molecule is CC(C)Oc1cc(Br)cc(CN2CCC(C(F)(F)F)CC2)c1. The number of ether oxygens (including phenoxy) is 1. The minimum absolute atomic E-state index is 0.0877. The molecular weight excluding hydrogens is 359 g/mol. The van der Waals surface area contributed by atoms with Crippen LogP contribution in [0.25, 0.3) is 0 Å². The van der Waals surface area contributed by atoms with Gasteiger partial charge >= 0.3 is 6.18 Å². The zero-order chi connectivity index (χ0) is 16.3. The molecule has 0 amide bonds. The molecule has 1 aromatic rings. The van der Waals surface area contributed by atoms with Gasteiger partial charge in [0.15, 0.2) is 0 Å². The fraction of sp³-hybridized carbons (Fsp3) is 0.625. The van der Waals surface area contributed by atoms with Crippen LogP contribution in [0.4, 0.5) is 13.2 Å². The monoisotopic (exact) mass is 379 g/mol. The van der Waals surface area contributed by atoms with Crippen LogP contribution >= 0.6 is 15.9 Å². The van der Waals surface area contributed by atoms with Crippen molar-refractivity contribution in [2.24, 2.45) is 5.92 Å². The molecule has 2 nitrogen and oxygen atoms in total. The van der Waals surface area contributed by atoms with Crippen LogP contribution in [0.3, 0.4) is 0 Å². The zero-order valence-electron chi connectivity index (χ0n) is 12.8. The summed E-state index contributed by atoms with van der Waals surface area (Å²) in [6.07, 6.45) is -3.59. The molecule has 6 heteroatoms. The summed E-state index contributed by atoms with van der Waals surface area (Å²) in [4.78, 5) is 2.07. The molecule has 1 saturated heterocycles. The second-order valence-electron chi connectivity index (χ2n) is 6.05. The lowest BCUT2D eigenvalue weighted by Crippen LogP contribution is -2.38. The molecule has 1 fully saturated rings. The normalized spacial score (nSPS) is 18.0. The Morgan fingerprint density at radius 2 is 1.86 bits per heavy atom. The van der Waals surface area contributed by atoms with E-state index >= 15 is 0 Å². The lowest BCUT2D eigenvalue weighted by Gasteiger charge is -2.33. The lowest BCUT2D eigenvalue weighted by atomic mass is 9.96. The zero-order valence-corrected chi connectivity index (χ0v) is 14.4. The van der Waals surface area contributed by atoms with Crippen molar-refractivity contribution in [2.75, 3.05) is 13.1 Å². The van der Waals surface area contributed by atoms with Gasteiger partial charge in [-0.25, -0.2) is 0 Å². The van der Waals surface area contributed by atoms with E-state index < -0.39 is 12.1 Å². The van der Waals surface area contributed by atoms with Crippen LogP contribution < -0.4 is 4.74 Å². The number of alkyl halides is 3. The maximum atomic E-state index is 12.7. The van der Waals surface area contributed by atoms with Crippen molar-refractivity contribution in [1.29, 1.82) is 0 Å². The molecule has 0 aliphatic carbocycles. The molecule has 0 unspecified atom stereocenters. The van der Waals surface area contributed by atoms with Gasteiger partial charge in [0, 0.05) is 11.0 Å². The van der Waals surface area contributed by atoms with E-state index in [4.69, 9.17) is 4.74 Å². The third kappa shape index (κ3) is 5.16. The number of likely N-dealkylation sites (tertiary alicyclic amines) is 1. The minimum atomic E-state index is -4.06. The molecule has 0 bridgehead atoms. The van der Waals surface area contributed by atoms with Crippen molar-refractivity contribution >= 4 is 15.9 Å². The second kappa shape index (κ2) is 7.21. The maximum absolute atomic E-state index is 12.7. The molecular formula is C16H21BrF3NO. The highest BCUT2D eigenvalue weighted by atomic mass is 79.9. The maximum Gasteiger partial charge on any atom is 0.391 e. The number of hydrogen-bond acceptors (Lipinski definition) is 2. The highest BCUT2D eigenvalue weighted by Gasteiger charge is 2.40. The van der Waals surface area contributed by atoms with E-state index in [1.807, 2.05) is 32.0 Å². The topological polar surface area (TPSA) is 12.5 Å². The molecule has 0 atom stereocenters. The summed E-state index contributed by atoms with van der Waals surface area (Å²) in [6.45, 7) is 5.54. The van der Waals surface area contributed by atoms with Gasteiger partial charge in [0.05, 0.1) is 12.0 Å². The standard InChI is InChI=1S/C16H21BrF3NO/c1-11(2)22-15-8-12(7-14(17)9-15)10-21-5-3-13(4-6-21)16(18,19)20/h7-9,11,13H,3-6,10H2,1-2H3. The third-order valence-corrected chi connectivity index (χ3v) is 4.22. The summed E-state index contributed by atoms with van der Waals surface area (Å²) in [7, 11) is 0. The van der Waals surface area contributed by atoms with Crippen LogP contribution in [0, 0.1) is 5.92 Å². The van der Waals surface area contributed by atoms with Gasteiger partial charge in [0.2, 0.25) is 0 Å². The Morgan fingerprint density at radius 1 is 1.23 bits per heavy atom. The summed E-state index contributed by atoms with van der Waals surface area (Å²) >= 11 is 3.46. The van der Waals surface area contributed by atoms with E-state index in [0.717, 1.165) is 15.8 Å². The summed E-state index contributed by atoms with van der Waals surface area (Å²) < 4.78 is 44.7. The lowest BCUT2D eigenvalue weighted by molar-refractivity contribution is -0.185. The largest absolute Gasteiger partial charge is 0.491 e. The van der Waals surface area contributed by atoms with Crippen LogP contribution in [0.15, 0.2) is 22.7 Å². The van der Waals surface area contributed by atoms with E-state index in [2.05, 4.69) is 20.8 Å². The fourth-order valence-corrected chi connectivity index (χ4v) is 3.25. The molecule has 0 spiro atoms. The smallest absolute Gasteiger partial charge is 0.391 e. The first-order chi connectivity index (χ1) is 10.2. The van der Waals surface area contributed by atoms with Crippen molar-refractivity contribution in [2.45, 2.75) is 45.5 Å². The molecule has 1 aliphatic rings. The summed E-state index contributed by atoms with van der Waals surface area (Å²) in [5.41, 5.74) is 1.05. The van der Waals surface area contributed by atoms with E-state index in [0.29, 0.717) is 19.6 Å².